The largest absolute Gasteiger partial charge is 0.311 e. The van der Waals surface area contributed by atoms with E-state index in [0.717, 1.165) is 24.7 Å². The highest BCUT2D eigenvalue weighted by molar-refractivity contribution is 5.22. The summed E-state index contributed by atoms with van der Waals surface area (Å²) in [6, 6.07) is 5.37. The normalized spacial score (nSPS) is 10.8. The van der Waals surface area contributed by atoms with Gasteiger partial charge in [0.15, 0.2) is 0 Å². The highest BCUT2D eigenvalue weighted by Crippen LogP contribution is 2.12. The van der Waals surface area contributed by atoms with E-state index < -0.39 is 11.6 Å². The second-order valence-corrected chi connectivity index (χ2v) is 4.55. The molecule has 0 aliphatic carbocycles. The van der Waals surface area contributed by atoms with Crippen molar-refractivity contribution in [2.75, 3.05) is 6.54 Å². The molecule has 0 bridgehead atoms. The molecule has 0 saturated heterocycles. The van der Waals surface area contributed by atoms with Gasteiger partial charge in [0, 0.05) is 25.2 Å². The van der Waals surface area contributed by atoms with E-state index in [1.54, 1.807) is 6.20 Å². The Morgan fingerprint density at radius 3 is 2.80 bits per heavy atom. The quantitative estimate of drug-likeness (QED) is 0.825. The van der Waals surface area contributed by atoms with Crippen LogP contribution in [0.25, 0.3) is 0 Å². The van der Waals surface area contributed by atoms with Gasteiger partial charge in [0.1, 0.15) is 17.5 Å². The Labute approximate surface area is 117 Å². The fourth-order valence-corrected chi connectivity index (χ4v) is 1.85. The van der Waals surface area contributed by atoms with Crippen molar-refractivity contribution in [2.45, 2.75) is 26.3 Å². The third-order valence-electron chi connectivity index (χ3n) is 2.86. The number of halogens is 2. The van der Waals surface area contributed by atoms with Crippen LogP contribution in [0.1, 0.15) is 30.4 Å². The summed E-state index contributed by atoms with van der Waals surface area (Å²) >= 11 is 0. The topological polar surface area (TPSA) is 37.8 Å². The van der Waals surface area contributed by atoms with Crippen LogP contribution in [0.2, 0.25) is 0 Å². The van der Waals surface area contributed by atoms with Gasteiger partial charge in [-0.15, -0.1) is 0 Å². The molecule has 0 spiro atoms. The van der Waals surface area contributed by atoms with Gasteiger partial charge in [-0.1, -0.05) is 13.0 Å². The molecular weight excluding hydrogens is 260 g/mol. The third-order valence-corrected chi connectivity index (χ3v) is 2.86. The molecule has 1 aromatic heterocycles. The smallest absolute Gasteiger partial charge is 0.133 e. The lowest BCUT2D eigenvalue weighted by Crippen LogP contribution is -2.15. The summed E-state index contributed by atoms with van der Waals surface area (Å²) < 4.78 is 26.4. The van der Waals surface area contributed by atoms with Crippen LogP contribution in [-0.4, -0.2) is 16.5 Å². The number of nitrogens with one attached hydrogen (secondary N) is 1. The Balaban J connectivity index is 2.07. The zero-order valence-corrected chi connectivity index (χ0v) is 11.4. The summed E-state index contributed by atoms with van der Waals surface area (Å²) in [6.07, 6.45) is 2.97. The number of hydrogen-bond acceptors (Lipinski definition) is 3. The van der Waals surface area contributed by atoms with E-state index in [1.165, 1.54) is 12.1 Å². The number of aromatic nitrogens is 2. The van der Waals surface area contributed by atoms with Crippen LogP contribution >= 0.6 is 0 Å². The average Bonchev–Trinajstić information content (AvgIpc) is 2.43. The van der Waals surface area contributed by atoms with E-state index >= 15 is 0 Å². The highest BCUT2D eigenvalue weighted by atomic mass is 19.1. The molecule has 5 heteroatoms. The van der Waals surface area contributed by atoms with Crippen molar-refractivity contribution in [3.05, 3.63) is 59.2 Å². The molecule has 1 aromatic carbocycles. The van der Waals surface area contributed by atoms with Crippen LogP contribution in [0.3, 0.4) is 0 Å². The first-order valence-corrected chi connectivity index (χ1v) is 6.64. The molecule has 0 atom stereocenters. The van der Waals surface area contributed by atoms with E-state index in [2.05, 4.69) is 22.2 Å². The second kappa shape index (κ2) is 7.05. The van der Waals surface area contributed by atoms with E-state index in [9.17, 15) is 8.78 Å². The second-order valence-electron chi connectivity index (χ2n) is 4.55. The molecule has 20 heavy (non-hydrogen) atoms. The van der Waals surface area contributed by atoms with Crippen molar-refractivity contribution in [2.24, 2.45) is 0 Å². The first kappa shape index (κ1) is 14.5. The fraction of sp³-hybridized carbons (Fsp3) is 0.333. The van der Waals surface area contributed by atoms with Crippen LogP contribution in [0.15, 0.2) is 30.5 Å². The molecule has 0 aliphatic heterocycles. The zero-order chi connectivity index (χ0) is 14.4. The van der Waals surface area contributed by atoms with Crippen molar-refractivity contribution < 1.29 is 8.78 Å². The lowest BCUT2D eigenvalue weighted by Gasteiger charge is -2.06. The summed E-state index contributed by atoms with van der Waals surface area (Å²) in [5.74, 6) is -0.612. The van der Waals surface area contributed by atoms with Gasteiger partial charge in [0.05, 0.1) is 5.69 Å². The van der Waals surface area contributed by atoms with Crippen LogP contribution in [0, 0.1) is 11.6 Å². The number of benzene rings is 1. The zero-order valence-electron chi connectivity index (χ0n) is 11.4. The summed E-state index contributed by atoms with van der Waals surface area (Å²) in [4.78, 5) is 8.50. The van der Waals surface area contributed by atoms with E-state index in [0.29, 0.717) is 17.9 Å². The van der Waals surface area contributed by atoms with Crippen molar-refractivity contribution in [3.63, 3.8) is 0 Å². The SMILES string of the molecule is CCCNCc1ccnc(Cc2ccc(F)cc2F)n1. The molecule has 0 amide bonds. The van der Waals surface area contributed by atoms with Gasteiger partial charge < -0.3 is 5.32 Å². The Hall–Kier alpha value is -1.88. The van der Waals surface area contributed by atoms with Gasteiger partial charge in [0.2, 0.25) is 0 Å². The predicted octanol–water partition coefficient (Wildman–Crippen LogP) is 2.85. The molecule has 0 saturated carbocycles. The van der Waals surface area contributed by atoms with E-state index in [1.807, 2.05) is 6.07 Å². The van der Waals surface area contributed by atoms with Crippen LogP contribution in [0.5, 0.6) is 0 Å². The van der Waals surface area contributed by atoms with Crippen molar-refractivity contribution in [1.29, 1.82) is 0 Å². The molecule has 1 N–H and O–H groups in total. The summed E-state index contributed by atoms with van der Waals surface area (Å²) in [6.45, 7) is 3.68. The van der Waals surface area contributed by atoms with Crippen molar-refractivity contribution >= 4 is 0 Å². The standard InChI is InChI=1S/C15H17F2N3/c1-2-6-18-10-13-5-7-19-15(20-13)8-11-3-4-12(16)9-14(11)17/h3-5,7,9,18H,2,6,8,10H2,1H3. The van der Waals surface area contributed by atoms with Gasteiger partial charge in [-0.05, 0) is 30.7 Å². The minimum Gasteiger partial charge on any atom is -0.311 e. The molecular formula is C15H17F2N3. The maximum Gasteiger partial charge on any atom is 0.133 e. The predicted molar refractivity (Wildman–Crippen MR) is 73.2 cm³/mol. The lowest BCUT2D eigenvalue weighted by atomic mass is 10.1. The molecule has 0 unspecified atom stereocenters. The maximum atomic E-state index is 13.6. The van der Waals surface area contributed by atoms with E-state index in [4.69, 9.17) is 0 Å². The van der Waals surface area contributed by atoms with Crippen LogP contribution in [0.4, 0.5) is 8.78 Å². The number of rotatable bonds is 6. The Morgan fingerprint density at radius 1 is 1.20 bits per heavy atom. The van der Waals surface area contributed by atoms with Crippen LogP contribution < -0.4 is 5.32 Å². The summed E-state index contributed by atoms with van der Waals surface area (Å²) in [5, 5.41) is 3.25. The fourth-order valence-electron chi connectivity index (χ4n) is 1.85. The minimum atomic E-state index is -0.579. The summed E-state index contributed by atoms with van der Waals surface area (Å²) in [7, 11) is 0. The monoisotopic (exact) mass is 277 g/mol. The average molecular weight is 277 g/mol. The van der Waals surface area contributed by atoms with E-state index in [-0.39, 0.29) is 6.42 Å². The van der Waals surface area contributed by atoms with Crippen molar-refractivity contribution in [3.8, 4) is 0 Å². The Kier molecular flexibility index (Phi) is 5.12. The Bertz CT molecular complexity index is 573. The van der Waals surface area contributed by atoms with Gasteiger partial charge in [0.25, 0.3) is 0 Å². The van der Waals surface area contributed by atoms with Gasteiger partial charge in [-0.3, -0.25) is 0 Å². The van der Waals surface area contributed by atoms with Crippen LogP contribution in [-0.2, 0) is 13.0 Å². The molecule has 0 aliphatic rings. The van der Waals surface area contributed by atoms with Gasteiger partial charge in [-0.25, -0.2) is 18.7 Å². The molecule has 2 rings (SSSR count). The number of hydrogen-bond donors (Lipinski definition) is 1. The molecule has 0 fully saturated rings. The van der Waals surface area contributed by atoms with Crippen molar-refractivity contribution in [1.82, 2.24) is 15.3 Å². The summed E-state index contributed by atoms with van der Waals surface area (Å²) in [5.41, 5.74) is 1.26. The molecule has 3 nitrogen and oxygen atoms in total. The number of nitrogens with zero attached hydrogens (tertiary/aromatic N) is 2. The first-order valence-electron chi connectivity index (χ1n) is 6.64. The third kappa shape index (κ3) is 4.06. The molecule has 106 valence electrons. The lowest BCUT2D eigenvalue weighted by molar-refractivity contribution is 0.573. The molecule has 2 aromatic rings. The highest BCUT2D eigenvalue weighted by Gasteiger charge is 2.07. The Morgan fingerprint density at radius 2 is 2.05 bits per heavy atom. The minimum absolute atomic E-state index is 0.258. The molecule has 1 heterocycles. The first-order chi connectivity index (χ1) is 9.69. The maximum absolute atomic E-state index is 13.6. The van der Waals surface area contributed by atoms with Gasteiger partial charge >= 0.3 is 0 Å². The van der Waals surface area contributed by atoms with Gasteiger partial charge in [-0.2, -0.15) is 0 Å². The molecule has 0 radical (unpaired) electrons.